The van der Waals surface area contributed by atoms with Crippen molar-refractivity contribution in [2.24, 2.45) is 4.99 Å². The van der Waals surface area contributed by atoms with E-state index in [1.807, 2.05) is 6.20 Å². The van der Waals surface area contributed by atoms with Crippen molar-refractivity contribution in [3.63, 3.8) is 0 Å². The highest BCUT2D eigenvalue weighted by atomic mass is 16.5. The number of rotatable bonds is 8. The Hall–Kier alpha value is -1.86. The van der Waals surface area contributed by atoms with Crippen LogP contribution in [-0.4, -0.2) is 73.4 Å². The quantitative estimate of drug-likeness (QED) is 0.513. The predicted octanol–water partition coefficient (Wildman–Crippen LogP) is 2.48. The Morgan fingerprint density at radius 2 is 1.83 bits per heavy atom. The second-order valence-corrected chi connectivity index (χ2v) is 8.46. The molecule has 164 valence electrons. The van der Waals surface area contributed by atoms with Gasteiger partial charge in [-0.2, -0.15) is 0 Å². The summed E-state index contributed by atoms with van der Waals surface area (Å²) in [4.78, 5) is 13.8. The molecule has 0 bridgehead atoms. The van der Waals surface area contributed by atoms with Gasteiger partial charge in [0, 0.05) is 58.1 Å². The summed E-state index contributed by atoms with van der Waals surface area (Å²) in [6, 6.07) is 5.30. The molecule has 2 atom stereocenters. The summed E-state index contributed by atoms with van der Waals surface area (Å²) in [6.07, 6.45) is 2.41. The first kappa shape index (κ1) is 23.4. The number of aliphatic imine (C=N–C) groups is 1. The van der Waals surface area contributed by atoms with Crippen molar-refractivity contribution in [1.29, 1.82) is 0 Å². The minimum Gasteiger partial charge on any atom is -0.372 e. The number of hydrogen-bond acceptors (Lipinski definition) is 5. The topological polar surface area (TPSA) is 65.0 Å². The molecule has 2 unspecified atom stereocenters. The maximum absolute atomic E-state index is 5.81. The van der Waals surface area contributed by atoms with Crippen LogP contribution in [0.5, 0.6) is 0 Å². The van der Waals surface area contributed by atoms with Gasteiger partial charge in [0.25, 0.3) is 0 Å². The molecule has 1 saturated heterocycles. The molecule has 1 aromatic heterocycles. The van der Waals surface area contributed by atoms with E-state index in [-0.39, 0.29) is 12.2 Å². The molecule has 1 fully saturated rings. The molecular formula is C22H40N6O. The monoisotopic (exact) mass is 404 g/mol. The standard InChI is InChI=1S/C22H40N6O/c1-16(2)28(17(3)4)11-10-24-22(23-7)26-13-20-8-9-21(25-12-20)27-14-18(5)29-19(6)15-27/h8-9,12,16-19H,10-11,13-15H2,1-7H3,(H2,23,24,26). The van der Waals surface area contributed by atoms with Crippen LogP contribution in [0.3, 0.4) is 0 Å². The smallest absolute Gasteiger partial charge is 0.191 e. The van der Waals surface area contributed by atoms with E-state index >= 15 is 0 Å². The number of ether oxygens (including phenoxy) is 1. The van der Waals surface area contributed by atoms with Gasteiger partial charge in [0.05, 0.1) is 12.2 Å². The van der Waals surface area contributed by atoms with Crippen LogP contribution < -0.4 is 15.5 Å². The largest absolute Gasteiger partial charge is 0.372 e. The van der Waals surface area contributed by atoms with E-state index in [2.05, 4.69) is 84.1 Å². The van der Waals surface area contributed by atoms with Crippen LogP contribution in [0.25, 0.3) is 0 Å². The van der Waals surface area contributed by atoms with E-state index in [0.29, 0.717) is 18.6 Å². The van der Waals surface area contributed by atoms with Crippen molar-refractivity contribution in [2.45, 2.75) is 72.4 Å². The highest BCUT2D eigenvalue weighted by Crippen LogP contribution is 2.18. The van der Waals surface area contributed by atoms with Crippen LogP contribution in [-0.2, 0) is 11.3 Å². The molecule has 0 aromatic carbocycles. The van der Waals surface area contributed by atoms with E-state index in [1.54, 1.807) is 7.05 Å². The first-order valence-corrected chi connectivity index (χ1v) is 10.9. The number of aromatic nitrogens is 1. The molecule has 1 aliphatic rings. The van der Waals surface area contributed by atoms with E-state index in [9.17, 15) is 0 Å². The second-order valence-electron chi connectivity index (χ2n) is 8.46. The average Bonchev–Trinajstić information content (AvgIpc) is 2.66. The van der Waals surface area contributed by atoms with E-state index in [4.69, 9.17) is 4.74 Å². The third-order valence-electron chi connectivity index (χ3n) is 5.23. The molecule has 29 heavy (non-hydrogen) atoms. The molecule has 0 amide bonds. The van der Waals surface area contributed by atoms with Gasteiger partial charge in [-0.3, -0.25) is 9.89 Å². The Kier molecular flexibility index (Phi) is 9.17. The van der Waals surface area contributed by atoms with Crippen molar-refractivity contribution >= 4 is 11.8 Å². The summed E-state index contributed by atoms with van der Waals surface area (Å²) < 4.78 is 5.81. The number of morpholine rings is 1. The summed E-state index contributed by atoms with van der Waals surface area (Å²) in [5.74, 6) is 1.83. The third kappa shape index (κ3) is 7.48. The lowest BCUT2D eigenvalue weighted by Gasteiger charge is -2.36. The highest BCUT2D eigenvalue weighted by molar-refractivity contribution is 5.79. The minimum atomic E-state index is 0.235. The fourth-order valence-electron chi connectivity index (χ4n) is 3.90. The fourth-order valence-corrected chi connectivity index (χ4v) is 3.90. The molecule has 1 aliphatic heterocycles. The number of anilines is 1. The molecule has 2 rings (SSSR count). The van der Waals surface area contributed by atoms with Gasteiger partial charge in [0.15, 0.2) is 5.96 Å². The van der Waals surface area contributed by atoms with Gasteiger partial charge in [-0.05, 0) is 53.2 Å². The van der Waals surface area contributed by atoms with Gasteiger partial charge < -0.3 is 20.3 Å². The normalized spacial score (nSPS) is 20.6. The second kappa shape index (κ2) is 11.4. The lowest BCUT2D eigenvalue weighted by molar-refractivity contribution is -0.00545. The van der Waals surface area contributed by atoms with Crippen molar-refractivity contribution in [1.82, 2.24) is 20.5 Å². The van der Waals surface area contributed by atoms with Gasteiger partial charge in [-0.1, -0.05) is 6.07 Å². The van der Waals surface area contributed by atoms with Crippen LogP contribution in [0.1, 0.15) is 47.1 Å². The highest BCUT2D eigenvalue weighted by Gasteiger charge is 2.23. The first-order chi connectivity index (χ1) is 13.8. The Morgan fingerprint density at radius 1 is 1.17 bits per heavy atom. The van der Waals surface area contributed by atoms with E-state index < -0.39 is 0 Å². The summed E-state index contributed by atoms with van der Waals surface area (Å²) in [5, 5.41) is 6.79. The third-order valence-corrected chi connectivity index (χ3v) is 5.23. The zero-order valence-electron chi connectivity index (χ0n) is 19.3. The molecule has 0 saturated carbocycles. The number of pyridine rings is 1. The summed E-state index contributed by atoms with van der Waals surface area (Å²) in [7, 11) is 1.81. The lowest BCUT2D eigenvalue weighted by Crippen LogP contribution is -2.45. The summed E-state index contributed by atoms with van der Waals surface area (Å²) in [5.41, 5.74) is 1.14. The minimum absolute atomic E-state index is 0.235. The number of hydrogen-bond donors (Lipinski definition) is 2. The Morgan fingerprint density at radius 3 is 2.34 bits per heavy atom. The molecular weight excluding hydrogens is 364 g/mol. The number of nitrogens with zero attached hydrogens (tertiary/aromatic N) is 4. The maximum Gasteiger partial charge on any atom is 0.191 e. The zero-order chi connectivity index (χ0) is 21.4. The van der Waals surface area contributed by atoms with Gasteiger partial charge >= 0.3 is 0 Å². The molecule has 2 heterocycles. The van der Waals surface area contributed by atoms with Crippen molar-refractivity contribution < 1.29 is 4.74 Å². The van der Waals surface area contributed by atoms with Crippen molar-refractivity contribution in [2.75, 3.05) is 38.1 Å². The Labute approximate surface area is 176 Å². The van der Waals surface area contributed by atoms with Crippen LogP contribution in [0.2, 0.25) is 0 Å². The molecule has 2 N–H and O–H groups in total. The predicted molar refractivity (Wildman–Crippen MR) is 122 cm³/mol. The van der Waals surface area contributed by atoms with E-state index in [1.165, 1.54) is 0 Å². The number of nitrogens with one attached hydrogen (secondary N) is 2. The Bertz CT molecular complexity index is 613. The van der Waals surface area contributed by atoms with E-state index in [0.717, 1.165) is 43.5 Å². The Balaban J connectivity index is 1.80. The first-order valence-electron chi connectivity index (χ1n) is 10.9. The van der Waals surface area contributed by atoms with Crippen LogP contribution in [0.15, 0.2) is 23.3 Å². The zero-order valence-corrected chi connectivity index (χ0v) is 19.3. The van der Waals surface area contributed by atoms with Gasteiger partial charge in [0.1, 0.15) is 5.82 Å². The fraction of sp³-hybridized carbons (Fsp3) is 0.727. The average molecular weight is 405 g/mol. The lowest BCUT2D eigenvalue weighted by atomic mass is 10.2. The van der Waals surface area contributed by atoms with Crippen LogP contribution in [0, 0.1) is 0 Å². The molecule has 7 nitrogen and oxygen atoms in total. The molecule has 1 aromatic rings. The summed E-state index contributed by atoms with van der Waals surface area (Å²) >= 11 is 0. The number of guanidine groups is 1. The van der Waals surface area contributed by atoms with Gasteiger partial charge in [-0.15, -0.1) is 0 Å². The van der Waals surface area contributed by atoms with Gasteiger partial charge in [-0.25, -0.2) is 4.98 Å². The van der Waals surface area contributed by atoms with Crippen molar-refractivity contribution in [3.05, 3.63) is 23.9 Å². The maximum atomic E-state index is 5.81. The summed E-state index contributed by atoms with van der Waals surface area (Å²) in [6.45, 7) is 17.5. The molecule has 0 aliphatic carbocycles. The van der Waals surface area contributed by atoms with Crippen LogP contribution >= 0.6 is 0 Å². The molecule has 0 spiro atoms. The molecule has 0 radical (unpaired) electrons. The van der Waals surface area contributed by atoms with Gasteiger partial charge in [0.2, 0.25) is 0 Å². The van der Waals surface area contributed by atoms with Crippen molar-refractivity contribution in [3.8, 4) is 0 Å². The van der Waals surface area contributed by atoms with Crippen LogP contribution in [0.4, 0.5) is 5.82 Å². The molecule has 7 heteroatoms. The SMILES string of the molecule is CN=C(NCCN(C(C)C)C(C)C)NCc1ccc(N2CC(C)OC(C)C2)nc1.